The van der Waals surface area contributed by atoms with E-state index in [1.807, 2.05) is 91.6 Å². The van der Waals surface area contributed by atoms with E-state index < -0.39 is 19.6 Å². The lowest BCUT2D eigenvalue weighted by Crippen LogP contribution is -2.32. The molecule has 10 aromatic heterocycles. The quantitative estimate of drug-likeness (QED) is 0.134. The summed E-state index contributed by atoms with van der Waals surface area (Å²) < 4.78 is 66.2. The predicted octanol–water partition coefficient (Wildman–Crippen LogP) is 24.9. The van der Waals surface area contributed by atoms with Crippen LogP contribution in [0.25, 0.3) is 113 Å². The van der Waals surface area contributed by atoms with Crippen molar-refractivity contribution >= 4 is 0 Å². The second-order valence-corrected chi connectivity index (χ2v) is 38.8. The van der Waals surface area contributed by atoms with Crippen molar-refractivity contribution in [1.29, 1.82) is 0 Å². The van der Waals surface area contributed by atoms with Crippen molar-refractivity contribution in [2.45, 2.75) is 211 Å². The van der Waals surface area contributed by atoms with Crippen molar-refractivity contribution in [3.05, 3.63) is 355 Å². The van der Waals surface area contributed by atoms with Gasteiger partial charge in [0.25, 0.3) is 0 Å². The fourth-order valence-electron chi connectivity index (χ4n) is 21.1. The molecule has 0 spiro atoms. The number of fused-ring (bicyclic) bond motifs is 15. The van der Waals surface area contributed by atoms with E-state index in [1.54, 1.807) is 12.3 Å². The van der Waals surface area contributed by atoms with E-state index in [1.165, 1.54) is 163 Å². The first-order valence-corrected chi connectivity index (χ1v) is 45.1. The third-order valence-corrected chi connectivity index (χ3v) is 28.3. The Kier molecular flexibility index (Phi) is 20.9. The zero-order valence-electron chi connectivity index (χ0n) is 86.5. The van der Waals surface area contributed by atoms with Crippen molar-refractivity contribution in [1.82, 2.24) is 24.9 Å². The molecule has 0 aliphatic heterocycles. The number of nitrogens with zero attached hydrogens (tertiary/aromatic N) is 10. The normalized spacial score (nSPS) is 15.8. The van der Waals surface area contributed by atoms with E-state index in [4.69, 9.17) is 24.5 Å². The molecule has 20 rings (SSSR count). The summed E-state index contributed by atoms with van der Waals surface area (Å²) in [6.07, 6.45) is 21.6. The van der Waals surface area contributed by atoms with Gasteiger partial charge >= 0.3 is 0 Å². The van der Waals surface area contributed by atoms with Crippen molar-refractivity contribution in [3.63, 3.8) is 0 Å². The highest BCUT2D eigenvalue weighted by molar-refractivity contribution is 5.92. The van der Waals surface area contributed by atoms with Gasteiger partial charge in [-0.2, -0.15) is 0 Å². The lowest BCUT2D eigenvalue weighted by atomic mass is 9.78. The third kappa shape index (κ3) is 15.0. The van der Waals surface area contributed by atoms with E-state index in [0.717, 1.165) is 75.0 Å². The molecule has 15 aromatic rings. The smallest absolute Gasteiger partial charge is 0.213 e. The molecule has 0 bridgehead atoms. The molecule has 0 fully saturated rings. The molecule has 0 amide bonds. The molecule has 642 valence electrons. The zero-order chi connectivity index (χ0) is 96.7. The lowest BCUT2D eigenvalue weighted by Gasteiger charge is -2.24. The van der Waals surface area contributed by atoms with Gasteiger partial charge in [0.2, 0.25) is 28.5 Å². The second-order valence-electron chi connectivity index (χ2n) is 38.8. The molecule has 1 atom stereocenters. The Balaban J connectivity index is 0.000000122. The van der Waals surface area contributed by atoms with Gasteiger partial charge in [-0.1, -0.05) is 202 Å². The highest BCUT2D eigenvalue weighted by atomic mass is 14.9. The van der Waals surface area contributed by atoms with Gasteiger partial charge in [0.1, 0.15) is 35.2 Å². The number of aromatic nitrogens is 10. The SMILES string of the molecule is CCc1cc[n+](C)c(-c2c(C)ccc3c2C(C)(C)c2cccnc2-3)c1.CCc1cc[n+](C)c(-c2c(C)ccc3c2C(C)(C)c2cccnc2-3)c1.Cc1ccc2c(c1-c1cc(C(C)C)cc[n+]1C)C(C)(C)c1cccnc1-2.[2H]C([2H])([2H])C([2H])(C)c1cc[n+](C)c(-c2c(C)ccc3c2C(C)(C)c2cccnc2-3)c1.[2H]C([2H])([2H])c1c[n+](C)c(-c2c(C)ccc3c2C(C)(C)c2cccnc2-3)cc1C. The lowest BCUT2D eigenvalue weighted by molar-refractivity contribution is -0.660. The maximum Gasteiger partial charge on any atom is 0.213 e. The molecule has 127 heavy (non-hydrogen) atoms. The van der Waals surface area contributed by atoms with Crippen LogP contribution in [0.2, 0.25) is 0 Å². The van der Waals surface area contributed by atoms with Crippen LogP contribution in [0, 0.1) is 48.4 Å². The average molecular weight is 1680 g/mol. The molecular formula is C117H129N10+5. The number of benzene rings is 5. The highest BCUT2D eigenvalue weighted by Gasteiger charge is 2.47. The van der Waals surface area contributed by atoms with Crippen LogP contribution in [0.3, 0.4) is 0 Å². The summed E-state index contributed by atoms with van der Waals surface area (Å²) in [7, 11) is 10.3. The minimum atomic E-state index is -2.42. The molecule has 5 aromatic carbocycles. The van der Waals surface area contributed by atoms with Crippen LogP contribution in [-0.2, 0) is 75.2 Å². The summed E-state index contributed by atoms with van der Waals surface area (Å²) >= 11 is 0. The largest absolute Gasteiger partial charge is 0.256 e. The molecule has 0 saturated heterocycles. The van der Waals surface area contributed by atoms with Gasteiger partial charge in [-0.3, -0.25) is 24.9 Å². The van der Waals surface area contributed by atoms with Gasteiger partial charge in [-0.15, -0.1) is 0 Å². The molecular weight excluding hydrogens is 1550 g/mol. The highest BCUT2D eigenvalue weighted by Crippen LogP contribution is 2.58. The second kappa shape index (κ2) is 33.4. The molecule has 10 nitrogen and oxygen atoms in total. The van der Waals surface area contributed by atoms with E-state index in [2.05, 4.69) is 341 Å². The Morgan fingerprint density at radius 3 is 0.835 bits per heavy atom. The fraction of sp³-hybridized carbons (Fsp3) is 0.316. The number of hydrogen-bond acceptors (Lipinski definition) is 5. The maximum atomic E-state index is 8.56. The predicted molar refractivity (Wildman–Crippen MR) is 522 cm³/mol. The topological polar surface area (TPSA) is 83.9 Å². The van der Waals surface area contributed by atoms with E-state index >= 15 is 0 Å². The molecule has 0 radical (unpaired) electrons. The average Bonchev–Trinajstić information content (AvgIpc) is 1.54. The molecule has 5 aliphatic carbocycles. The van der Waals surface area contributed by atoms with E-state index in [-0.39, 0.29) is 27.1 Å². The van der Waals surface area contributed by atoms with Crippen LogP contribution in [0.4, 0.5) is 0 Å². The van der Waals surface area contributed by atoms with Gasteiger partial charge in [-0.05, 0) is 215 Å². The van der Waals surface area contributed by atoms with Crippen molar-refractivity contribution in [3.8, 4) is 113 Å². The Hall–Kier alpha value is -12.4. The van der Waals surface area contributed by atoms with Crippen molar-refractivity contribution in [2.75, 3.05) is 0 Å². The number of aryl methyl sites for hydroxylation is 14. The van der Waals surface area contributed by atoms with E-state index in [9.17, 15) is 0 Å². The van der Waals surface area contributed by atoms with E-state index in [0.29, 0.717) is 17.0 Å². The van der Waals surface area contributed by atoms with Gasteiger partial charge in [-0.25, -0.2) is 22.8 Å². The Labute approximate surface area is 766 Å². The maximum absolute atomic E-state index is 8.56. The van der Waals surface area contributed by atoms with Crippen LogP contribution in [0.1, 0.15) is 249 Å². The Morgan fingerprint density at radius 1 is 0.307 bits per heavy atom. The van der Waals surface area contributed by atoms with Crippen LogP contribution < -0.4 is 22.8 Å². The minimum absolute atomic E-state index is 0.0461. The van der Waals surface area contributed by atoms with Gasteiger partial charge < -0.3 is 0 Å². The van der Waals surface area contributed by atoms with Gasteiger partial charge in [0.05, 0.1) is 56.3 Å². The monoisotopic (exact) mass is 1680 g/mol. The van der Waals surface area contributed by atoms with Crippen LogP contribution in [0.5, 0.6) is 0 Å². The van der Waals surface area contributed by atoms with Crippen LogP contribution in [0.15, 0.2) is 238 Å². The van der Waals surface area contributed by atoms with Gasteiger partial charge in [0.15, 0.2) is 31.0 Å². The Bertz CT molecular complexity index is 7080. The first-order chi connectivity index (χ1) is 63.1. The first-order valence-electron chi connectivity index (χ1n) is 48.6. The molecule has 10 heteroatoms. The number of pyridine rings is 10. The third-order valence-electron chi connectivity index (χ3n) is 28.3. The summed E-state index contributed by atoms with van der Waals surface area (Å²) in [5, 5.41) is 0. The van der Waals surface area contributed by atoms with Crippen molar-refractivity contribution in [2.24, 2.45) is 35.2 Å². The summed E-state index contributed by atoms with van der Waals surface area (Å²) in [5.41, 5.74) is 48.3. The molecule has 5 aliphatic rings. The summed E-state index contributed by atoms with van der Waals surface area (Å²) in [6.45, 7) is 41.5. The molecule has 1 unspecified atom stereocenters. The van der Waals surface area contributed by atoms with Crippen LogP contribution in [-0.4, -0.2) is 24.9 Å². The Morgan fingerprint density at radius 2 is 0.567 bits per heavy atom. The number of rotatable bonds is 9. The number of hydrogen-bond donors (Lipinski definition) is 0. The summed E-state index contributed by atoms with van der Waals surface area (Å²) in [5.74, 6) is -1.18. The molecule has 0 N–H and O–H groups in total. The molecule has 10 heterocycles. The van der Waals surface area contributed by atoms with Gasteiger partial charge in [0, 0.05) is 156 Å². The standard InChI is InChI=1S/2C24H27N2.3C23H25N2/c2*1-15(2)17-11-13-26(6)20(14-17)21-16(3)9-10-18-22(21)24(4,5)19-8-7-12-25-23(18)19;1-14-9-10-17-21(23(4,5)18-8-7-11-24-22(17)18)20(14)19-12-15(2)16(3)13-25(19)6;2*1-6-16-11-13-25(5)19(14-16)20-15(2)9-10-17-21(20)23(3,4)18-8-7-12-24-22(17)18/h2*7-15H,1-6H3;7-13H,1-6H3;2*7-14H,6H2,1-5H3/q5*+1/i1D3,15D;;3D3;;. The summed E-state index contributed by atoms with van der Waals surface area (Å²) in [6, 6.07) is 62.4. The van der Waals surface area contributed by atoms with Crippen molar-refractivity contribution < 1.29 is 32.4 Å². The fourth-order valence-corrected chi connectivity index (χ4v) is 21.1. The minimum Gasteiger partial charge on any atom is -0.256 e. The zero-order valence-corrected chi connectivity index (χ0v) is 79.5. The van der Waals surface area contributed by atoms with Crippen LogP contribution >= 0.6 is 0 Å². The first kappa shape index (κ1) is 79.3. The molecule has 0 saturated carbocycles. The summed E-state index contributed by atoms with van der Waals surface area (Å²) in [4.78, 5) is 23.5.